The van der Waals surface area contributed by atoms with E-state index in [4.69, 9.17) is 0 Å². The molecule has 0 spiro atoms. The summed E-state index contributed by atoms with van der Waals surface area (Å²) in [4.78, 5) is 4.36. The molecule has 0 amide bonds. The Hall–Kier alpha value is -1.58. The number of aryl methyl sites for hydroxylation is 2. The van der Waals surface area contributed by atoms with Crippen LogP contribution in [0.15, 0.2) is 24.8 Å². The van der Waals surface area contributed by atoms with Crippen molar-refractivity contribution in [1.29, 1.82) is 0 Å². The van der Waals surface area contributed by atoms with Gasteiger partial charge in [0.25, 0.3) is 0 Å². The fourth-order valence-corrected chi connectivity index (χ4v) is 1.79. The Morgan fingerprint density at radius 2 is 2.19 bits per heavy atom. The van der Waals surface area contributed by atoms with Crippen molar-refractivity contribution >= 4 is 0 Å². The van der Waals surface area contributed by atoms with Crippen LogP contribution in [0, 0.1) is 0 Å². The molecule has 4 nitrogen and oxygen atoms in total. The predicted molar refractivity (Wildman–Crippen MR) is 63.2 cm³/mol. The SMILES string of the molecule is CCCc1nccn1Cc1cnn(CC)c1. The Morgan fingerprint density at radius 1 is 1.31 bits per heavy atom. The zero-order valence-electron chi connectivity index (χ0n) is 9.93. The van der Waals surface area contributed by atoms with Crippen LogP contribution in [-0.2, 0) is 19.5 Å². The number of hydrogen-bond acceptors (Lipinski definition) is 2. The highest BCUT2D eigenvalue weighted by atomic mass is 15.3. The minimum atomic E-state index is 0.870. The average Bonchev–Trinajstić information content (AvgIpc) is 2.90. The summed E-state index contributed by atoms with van der Waals surface area (Å²) in [5.74, 6) is 1.16. The predicted octanol–water partition coefficient (Wildman–Crippen LogP) is 2.10. The van der Waals surface area contributed by atoms with Gasteiger partial charge in [0.1, 0.15) is 5.82 Å². The highest BCUT2D eigenvalue weighted by molar-refractivity contribution is 5.07. The third-order valence-electron chi connectivity index (χ3n) is 2.64. The van der Waals surface area contributed by atoms with Crippen LogP contribution in [0.3, 0.4) is 0 Å². The van der Waals surface area contributed by atoms with E-state index >= 15 is 0 Å². The van der Waals surface area contributed by atoms with Crippen molar-refractivity contribution in [2.75, 3.05) is 0 Å². The highest BCUT2D eigenvalue weighted by Gasteiger charge is 2.03. The summed E-state index contributed by atoms with van der Waals surface area (Å²) in [5.41, 5.74) is 1.23. The fraction of sp³-hybridized carbons (Fsp3) is 0.500. The molecule has 0 N–H and O–H groups in total. The van der Waals surface area contributed by atoms with Gasteiger partial charge in [0.05, 0.1) is 12.7 Å². The van der Waals surface area contributed by atoms with E-state index < -0.39 is 0 Å². The minimum Gasteiger partial charge on any atom is -0.330 e. The highest BCUT2D eigenvalue weighted by Crippen LogP contribution is 2.06. The van der Waals surface area contributed by atoms with Crippen LogP contribution in [-0.4, -0.2) is 19.3 Å². The summed E-state index contributed by atoms with van der Waals surface area (Å²) in [6.45, 7) is 6.06. The Morgan fingerprint density at radius 3 is 2.88 bits per heavy atom. The molecule has 0 fully saturated rings. The van der Waals surface area contributed by atoms with Crippen molar-refractivity contribution in [3.8, 4) is 0 Å². The van der Waals surface area contributed by atoms with Crippen LogP contribution in [0.1, 0.15) is 31.7 Å². The third-order valence-corrected chi connectivity index (χ3v) is 2.64. The molecule has 0 saturated heterocycles. The van der Waals surface area contributed by atoms with E-state index in [9.17, 15) is 0 Å². The second kappa shape index (κ2) is 4.96. The first kappa shape index (κ1) is 10.9. The van der Waals surface area contributed by atoms with Crippen LogP contribution < -0.4 is 0 Å². The van der Waals surface area contributed by atoms with Crippen molar-refractivity contribution in [2.45, 2.75) is 39.8 Å². The van der Waals surface area contributed by atoms with Crippen molar-refractivity contribution in [1.82, 2.24) is 19.3 Å². The molecule has 2 aromatic heterocycles. The van der Waals surface area contributed by atoms with E-state index in [1.807, 2.05) is 23.3 Å². The molecule has 0 bridgehead atoms. The molecular weight excluding hydrogens is 200 g/mol. The van der Waals surface area contributed by atoms with Crippen LogP contribution in [0.5, 0.6) is 0 Å². The van der Waals surface area contributed by atoms with Gasteiger partial charge < -0.3 is 4.57 Å². The van der Waals surface area contributed by atoms with E-state index in [0.717, 1.165) is 31.8 Å². The maximum Gasteiger partial charge on any atom is 0.108 e. The van der Waals surface area contributed by atoms with Crippen molar-refractivity contribution < 1.29 is 0 Å². The zero-order chi connectivity index (χ0) is 11.4. The molecule has 0 aliphatic carbocycles. The lowest BCUT2D eigenvalue weighted by Crippen LogP contribution is -2.03. The lowest BCUT2D eigenvalue weighted by molar-refractivity contribution is 0.657. The van der Waals surface area contributed by atoms with Gasteiger partial charge in [0.2, 0.25) is 0 Å². The van der Waals surface area contributed by atoms with Gasteiger partial charge in [-0.2, -0.15) is 5.10 Å². The maximum absolute atomic E-state index is 4.36. The van der Waals surface area contributed by atoms with E-state index in [2.05, 4.69) is 34.7 Å². The second-order valence-electron chi connectivity index (χ2n) is 3.93. The number of imidazole rings is 1. The zero-order valence-corrected chi connectivity index (χ0v) is 9.93. The van der Waals surface area contributed by atoms with E-state index in [1.54, 1.807) is 0 Å². The molecule has 2 heterocycles. The van der Waals surface area contributed by atoms with Crippen molar-refractivity contribution in [3.63, 3.8) is 0 Å². The van der Waals surface area contributed by atoms with Gasteiger partial charge in [-0.1, -0.05) is 6.92 Å². The first-order valence-corrected chi connectivity index (χ1v) is 5.84. The number of aromatic nitrogens is 4. The molecule has 0 saturated carbocycles. The summed E-state index contributed by atoms with van der Waals surface area (Å²) >= 11 is 0. The number of rotatable bonds is 5. The molecular formula is C12H18N4. The smallest absolute Gasteiger partial charge is 0.108 e. The molecule has 0 radical (unpaired) electrons. The molecule has 4 heteroatoms. The summed E-state index contributed by atoms with van der Waals surface area (Å²) in [7, 11) is 0. The third kappa shape index (κ3) is 2.32. The first-order valence-electron chi connectivity index (χ1n) is 5.84. The molecule has 0 atom stereocenters. The normalized spacial score (nSPS) is 10.9. The quantitative estimate of drug-likeness (QED) is 0.770. The lowest BCUT2D eigenvalue weighted by Gasteiger charge is -2.04. The van der Waals surface area contributed by atoms with Crippen molar-refractivity contribution in [3.05, 3.63) is 36.2 Å². The van der Waals surface area contributed by atoms with Crippen LogP contribution in [0.25, 0.3) is 0 Å². The van der Waals surface area contributed by atoms with Crippen LogP contribution in [0.2, 0.25) is 0 Å². The van der Waals surface area contributed by atoms with E-state index in [-0.39, 0.29) is 0 Å². The standard InChI is InChI=1S/C12H18N4/c1-3-5-12-13-6-7-15(12)9-11-8-14-16(4-2)10-11/h6-8,10H,3-5,9H2,1-2H3. The Kier molecular flexibility index (Phi) is 3.39. The molecule has 0 unspecified atom stereocenters. The molecule has 0 aromatic carbocycles. The van der Waals surface area contributed by atoms with Gasteiger partial charge in [-0.05, 0) is 13.3 Å². The van der Waals surface area contributed by atoms with E-state index in [0.29, 0.717) is 0 Å². The molecule has 16 heavy (non-hydrogen) atoms. The first-order chi connectivity index (χ1) is 7.83. The van der Waals surface area contributed by atoms with E-state index in [1.165, 1.54) is 5.56 Å². The largest absolute Gasteiger partial charge is 0.330 e. The van der Waals surface area contributed by atoms with Crippen LogP contribution >= 0.6 is 0 Å². The van der Waals surface area contributed by atoms with Crippen LogP contribution in [0.4, 0.5) is 0 Å². The molecule has 2 aromatic rings. The fourth-order valence-electron chi connectivity index (χ4n) is 1.79. The van der Waals surface area contributed by atoms with Gasteiger partial charge in [0.15, 0.2) is 0 Å². The minimum absolute atomic E-state index is 0.870. The molecule has 0 aliphatic heterocycles. The Labute approximate surface area is 95.9 Å². The summed E-state index contributed by atoms with van der Waals surface area (Å²) in [6.07, 6.45) is 10.1. The molecule has 86 valence electrons. The average molecular weight is 218 g/mol. The number of nitrogens with zero attached hydrogens (tertiary/aromatic N) is 4. The molecule has 0 aliphatic rings. The Bertz CT molecular complexity index is 441. The second-order valence-corrected chi connectivity index (χ2v) is 3.93. The van der Waals surface area contributed by atoms with Gasteiger partial charge in [0, 0.05) is 37.1 Å². The molecule has 2 rings (SSSR count). The summed E-state index contributed by atoms with van der Waals surface area (Å²) in [5, 5.41) is 4.27. The maximum atomic E-state index is 4.36. The summed E-state index contributed by atoms with van der Waals surface area (Å²) < 4.78 is 4.15. The van der Waals surface area contributed by atoms with Gasteiger partial charge in [-0.3, -0.25) is 4.68 Å². The lowest BCUT2D eigenvalue weighted by atomic mass is 10.3. The van der Waals surface area contributed by atoms with Gasteiger partial charge in [-0.25, -0.2) is 4.98 Å². The Balaban J connectivity index is 2.10. The van der Waals surface area contributed by atoms with Gasteiger partial charge in [-0.15, -0.1) is 0 Å². The topological polar surface area (TPSA) is 35.6 Å². The summed E-state index contributed by atoms with van der Waals surface area (Å²) in [6, 6.07) is 0. The van der Waals surface area contributed by atoms with Gasteiger partial charge >= 0.3 is 0 Å². The monoisotopic (exact) mass is 218 g/mol. The number of hydrogen-bond donors (Lipinski definition) is 0. The van der Waals surface area contributed by atoms with Crippen molar-refractivity contribution in [2.24, 2.45) is 0 Å².